The molecule has 0 saturated carbocycles. The molecule has 4 aromatic rings. The minimum Gasteiger partial charge on any atom is -0.354 e. The molecule has 2 N–H and O–H groups in total. The number of nitrogens with one attached hydrogen (secondary N) is 2. The largest absolute Gasteiger partial charge is 0.354 e. The minimum atomic E-state index is 1.11. The quantitative estimate of drug-likeness (QED) is 0.324. The maximum absolute atomic E-state index is 3.63. The first-order chi connectivity index (χ1) is 15.0. The number of hydrogen-bond donors (Lipinski definition) is 2. The molecular formula is C28H28N2S. The van der Waals surface area contributed by atoms with Crippen LogP contribution in [0.2, 0.25) is 0 Å². The van der Waals surface area contributed by atoms with Gasteiger partial charge in [-0.2, -0.15) is 0 Å². The molecule has 156 valence electrons. The molecular weight excluding hydrogens is 396 g/mol. The third kappa shape index (κ3) is 5.12. The van der Waals surface area contributed by atoms with E-state index in [0.29, 0.717) is 0 Å². The van der Waals surface area contributed by atoms with E-state index in [2.05, 4.69) is 123 Å². The fraction of sp³-hybridized carbons (Fsp3) is 0.143. The van der Waals surface area contributed by atoms with E-state index in [0.717, 1.165) is 22.7 Å². The summed E-state index contributed by atoms with van der Waals surface area (Å²) in [5.41, 5.74) is 9.55. The Labute approximate surface area is 189 Å². The first-order valence-corrected chi connectivity index (χ1v) is 11.4. The van der Waals surface area contributed by atoms with Crippen molar-refractivity contribution in [1.82, 2.24) is 0 Å². The third-order valence-electron chi connectivity index (χ3n) is 5.30. The highest BCUT2D eigenvalue weighted by atomic mass is 32.2. The zero-order valence-electron chi connectivity index (χ0n) is 18.5. The summed E-state index contributed by atoms with van der Waals surface area (Å²) in [5, 5.41) is 7.26. The molecule has 0 aliphatic rings. The molecule has 4 aromatic carbocycles. The van der Waals surface area contributed by atoms with Crippen LogP contribution < -0.4 is 10.6 Å². The van der Waals surface area contributed by atoms with Gasteiger partial charge < -0.3 is 10.6 Å². The molecule has 0 unspecified atom stereocenters. The van der Waals surface area contributed by atoms with Crippen molar-refractivity contribution in [2.45, 2.75) is 37.5 Å². The van der Waals surface area contributed by atoms with Crippen molar-refractivity contribution in [2.75, 3.05) is 10.6 Å². The van der Waals surface area contributed by atoms with Crippen LogP contribution in [0.3, 0.4) is 0 Å². The van der Waals surface area contributed by atoms with Gasteiger partial charge in [0.1, 0.15) is 0 Å². The predicted molar refractivity (Wildman–Crippen MR) is 135 cm³/mol. The Morgan fingerprint density at radius 2 is 0.903 bits per heavy atom. The van der Waals surface area contributed by atoms with Gasteiger partial charge in [0.15, 0.2) is 0 Å². The number of benzene rings is 4. The fourth-order valence-corrected chi connectivity index (χ4v) is 4.62. The van der Waals surface area contributed by atoms with Crippen LogP contribution in [0.15, 0.2) is 94.7 Å². The predicted octanol–water partition coefficient (Wildman–Crippen LogP) is 8.56. The maximum atomic E-state index is 3.63. The number of anilines is 4. The standard InChI is InChI=1S/C28H28N2S/c1-19-13-15-23(21(3)17-19)29-25-9-5-7-11-27(25)31-28-12-8-6-10-26(28)30-24-16-14-20(2)18-22(24)4/h5-18,29-30H,1-4H3. The summed E-state index contributed by atoms with van der Waals surface area (Å²) in [7, 11) is 0. The van der Waals surface area contributed by atoms with Gasteiger partial charge >= 0.3 is 0 Å². The van der Waals surface area contributed by atoms with Crippen LogP contribution in [-0.4, -0.2) is 0 Å². The van der Waals surface area contributed by atoms with Crippen LogP contribution in [0, 0.1) is 27.7 Å². The molecule has 0 radical (unpaired) electrons. The number of rotatable bonds is 6. The lowest BCUT2D eigenvalue weighted by Gasteiger charge is -2.17. The molecule has 2 nitrogen and oxygen atoms in total. The van der Waals surface area contributed by atoms with Crippen molar-refractivity contribution in [3.63, 3.8) is 0 Å². The zero-order valence-corrected chi connectivity index (χ0v) is 19.3. The normalized spacial score (nSPS) is 10.7. The molecule has 0 spiro atoms. The monoisotopic (exact) mass is 424 g/mol. The highest BCUT2D eigenvalue weighted by Crippen LogP contribution is 2.39. The van der Waals surface area contributed by atoms with Crippen LogP contribution in [0.4, 0.5) is 22.7 Å². The Hall–Kier alpha value is -3.17. The molecule has 4 rings (SSSR count). The Morgan fingerprint density at radius 3 is 1.32 bits per heavy atom. The lowest BCUT2D eigenvalue weighted by Crippen LogP contribution is -1.97. The van der Waals surface area contributed by atoms with Gasteiger partial charge in [-0.05, 0) is 75.2 Å². The van der Waals surface area contributed by atoms with Gasteiger partial charge in [-0.1, -0.05) is 71.4 Å². The van der Waals surface area contributed by atoms with Gasteiger partial charge in [-0.25, -0.2) is 0 Å². The summed E-state index contributed by atoms with van der Waals surface area (Å²) in [6.07, 6.45) is 0. The van der Waals surface area contributed by atoms with E-state index in [4.69, 9.17) is 0 Å². The summed E-state index contributed by atoms with van der Waals surface area (Å²) in [5.74, 6) is 0. The van der Waals surface area contributed by atoms with Gasteiger partial charge in [-0.3, -0.25) is 0 Å². The van der Waals surface area contributed by atoms with Gasteiger partial charge in [0.25, 0.3) is 0 Å². The van der Waals surface area contributed by atoms with Crippen molar-refractivity contribution in [3.8, 4) is 0 Å². The van der Waals surface area contributed by atoms with Crippen LogP contribution in [0.1, 0.15) is 22.3 Å². The van der Waals surface area contributed by atoms with Crippen molar-refractivity contribution in [2.24, 2.45) is 0 Å². The lowest BCUT2D eigenvalue weighted by molar-refractivity contribution is 1.33. The summed E-state index contributed by atoms with van der Waals surface area (Å²) in [4.78, 5) is 2.38. The topological polar surface area (TPSA) is 24.1 Å². The molecule has 0 aromatic heterocycles. The van der Waals surface area contributed by atoms with E-state index < -0.39 is 0 Å². The Morgan fingerprint density at radius 1 is 0.484 bits per heavy atom. The molecule has 0 atom stereocenters. The fourth-order valence-electron chi connectivity index (χ4n) is 3.63. The van der Waals surface area contributed by atoms with E-state index >= 15 is 0 Å². The van der Waals surface area contributed by atoms with E-state index in [-0.39, 0.29) is 0 Å². The van der Waals surface area contributed by atoms with Crippen LogP contribution in [0.25, 0.3) is 0 Å². The molecule has 0 fully saturated rings. The average molecular weight is 425 g/mol. The van der Waals surface area contributed by atoms with E-state index in [1.165, 1.54) is 32.0 Å². The second-order valence-electron chi connectivity index (χ2n) is 7.98. The molecule has 3 heteroatoms. The molecule has 0 amide bonds. The zero-order chi connectivity index (χ0) is 21.8. The van der Waals surface area contributed by atoms with Gasteiger partial charge in [0.2, 0.25) is 0 Å². The van der Waals surface area contributed by atoms with Crippen LogP contribution in [-0.2, 0) is 0 Å². The van der Waals surface area contributed by atoms with Crippen molar-refractivity contribution in [1.29, 1.82) is 0 Å². The minimum absolute atomic E-state index is 1.11. The summed E-state index contributed by atoms with van der Waals surface area (Å²) in [6, 6.07) is 30.0. The van der Waals surface area contributed by atoms with Crippen LogP contribution >= 0.6 is 11.8 Å². The first-order valence-electron chi connectivity index (χ1n) is 10.5. The number of aryl methyl sites for hydroxylation is 4. The van der Waals surface area contributed by atoms with E-state index in [9.17, 15) is 0 Å². The van der Waals surface area contributed by atoms with Crippen molar-refractivity contribution < 1.29 is 0 Å². The summed E-state index contributed by atoms with van der Waals surface area (Å²) < 4.78 is 0. The van der Waals surface area contributed by atoms with Crippen LogP contribution in [0.5, 0.6) is 0 Å². The molecule has 31 heavy (non-hydrogen) atoms. The third-order valence-corrected chi connectivity index (χ3v) is 6.45. The summed E-state index contributed by atoms with van der Waals surface area (Å²) >= 11 is 1.77. The second-order valence-corrected chi connectivity index (χ2v) is 9.06. The Balaban J connectivity index is 1.62. The van der Waals surface area contributed by atoms with E-state index in [1.807, 2.05) is 0 Å². The SMILES string of the molecule is Cc1ccc(Nc2ccccc2Sc2ccccc2Nc2ccc(C)cc2C)c(C)c1. The molecule has 0 aliphatic carbocycles. The van der Waals surface area contributed by atoms with E-state index in [1.54, 1.807) is 11.8 Å². The highest BCUT2D eigenvalue weighted by molar-refractivity contribution is 7.99. The average Bonchev–Trinajstić information content (AvgIpc) is 2.74. The van der Waals surface area contributed by atoms with Gasteiger partial charge in [0, 0.05) is 21.2 Å². The molecule has 0 aliphatic heterocycles. The smallest absolute Gasteiger partial charge is 0.0526 e. The Kier molecular flexibility index (Phi) is 6.34. The molecule has 0 bridgehead atoms. The van der Waals surface area contributed by atoms with Crippen molar-refractivity contribution >= 4 is 34.5 Å². The second kappa shape index (κ2) is 9.32. The molecule has 0 heterocycles. The van der Waals surface area contributed by atoms with Gasteiger partial charge in [0.05, 0.1) is 11.4 Å². The first kappa shape index (κ1) is 21.1. The number of hydrogen-bond acceptors (Lipinski definition) is 3. The lowest BCUT2D eigenvalue weighted by atomic mass is 10.1. The highest BCUT2D eigenvalue weighted by Gasteiger charge is 2.10. The number of para-hydroxylation sites is 2. The summed E-state index contributed by atoms with van der Waals surface area (Å²) in [6.45, 7) is 8.54. The Bertz CT molecular complexity index is 1120. The van der Waals surface area contributed by atoms with Crippen molar-refractivity contribution in [3.05, 3.63) is 107 Å². The van der Waals surface area contributed by atoms with Gasteiger partial charge in [-0.15, -0.1) is 0 Å². The molecule has 0 saturated heterocycles. The maximum Gasteiger partial charge on any atom is 0.0526 e.